The SMILES string of the molecule is Cc1ccc(-c2ccc(Br)cc2OC(F)(F)F)cc1. The Hall–Kier alpha value is -1.49. The number of hydrogen-bond donors (Lipinski definition) is 0. The zero-order valence-corrected chi connectivity index (χ0v) is 11.5. The van der Waals surface area contributed by atoms with E-state index < -0.39 is 6.36 Å². The number of halogens is 4. The minimum absolute atomic E-state index is 0.217. The minimum atomic E-state index is -4.71. The fourth-order valence-electron chi connectivity index (χ4n) is 1.68. The van der Waals surface area contributed by atoms with Crippen LogP contribution in [0.25, 0.3) is 11.1 Å². The number of benzene rings is 2. The standard InChI is InChI=1S/C14H10BrF3O/c1-9-2-4-10(5-3-9)12-7-6-11(15)8-13(12)19-14(16,17)18/h2-8H,1H3. The average molecular weight is 331 g/mol. The molecule has 100 valence electrons. The Morgan fingerprint density at radius 1 is 1.00 bits per heavy atom. The summed E-state index contributed by atoms with van der Waals surface area (Å²) in [5, 5.41) is 0. The van der Waals surface area contributed by atoms with Crippen molar-refractivity contribution in [2.75, 3.05) is 0 Å². The summed E-state index contributed by atoms with van der Waals surface area (Å²) in [5.41, 5.74) is 2.12. The lowest BCUT2D eigenvalue weighted by molar-refractivity contribution is -0.274. The van der Waals surface area contributed by atoms with Gasteiger partial charge in [0.15, 0.2) is 0 Å². The lowest BCUT2D eigenvalue weighted by Crippen LogP contribution is -2.17. The van der Waals surface area contributed by atoms with Crippen LogP contribution in [0, 0.1) is 6.92 Å². The molecule has 19 heavy (non-hydrogen) atoms. The Balaban J connectivity index is 2.47. The monoisotopic (exact) mass is 330 g/mol. The van der Waals surface area contributed by atoms with Crippen molar-refractivity contribution >= 4 is 15.9 Å². The molecule has 0 radical (unpaired) electrons. The number of hydrogen-bond acceptors (Lipinski definition) is 1. The van der Waals surface area contributed by atoms with Crippen molar-refractivity contribution in [2.24, 2.45) is 0 Å². The maximum Gasteiger partial charge on any atom is 0.573 e. The highest BCUT2D eigenvalue weighted by Gasteiger charge is 2.32. The molecule has 0 amide bonds. The van der Waals surface area contributed by atoms with E-state index in [0.29, 0.717) is 15.6 Å². The summed E-state index contributed by atoms with van der Waals surface area (Å²) in [6, 6.07) is 11.8. The van der Waals surface area contributed by atoms with Crippen molar-refractivity contribution in [1.82, 2.24) is 0 Å². The van der Waals surface area contributed by atoms with E-state index >= 15 is 0 Å². The highest BCUT2D eigenvalue weighted by molar-refractivity contribution is 9.10. The average Bonchev–Trinajstić information content (AvgIpc) is 2.29. The van der Waals surface area contributed by atoms with Crippen LogP contribution in [0.3, 0.4) is 0 Å². The maximum atomic E-state index is 12.4. The fourth-order valence-corrected chi connectivity index (χ4v) is 2.02. The van der Waals surface area contributed by atoms with Gasteiger partial charge in [0.05, 0.1) is 0 Å². The van der Waals surface area contributed by atoms with Gasteiger partial charge in [-0.2, -0.15) is 0 Å². The summed E-state index contributed by atoms with van der Waals surface area (Å²) in [5.74, 6) is -0.217. The Morgan fingerprint density at radius 2 is 1.63 bits per heavy atom. The molecule has 0 unspecified atom stereocenters. The van der Waals surface area contributed by atoms with E-state index in [1.807, 2.05) is 19.1 Å². The second kappa shape index (κ2) is 5.25. The van der Waals surface area contributed by atoms with Crippen LogP contribution >= 0.6 is 15.9 Å². The maximum absolute atomic E-state index is 12.4. The molecule has 0 atom stereocenters. The molecule has 0 bridgehead atoms. The zero-order valence-electron chi connectivity index (χ0n) is 9.96. The van der Waals surface area contributed by atoms with Gasteiger partial charge in [-0.3, -0.25) is 0 Å². The van der Waals surface area contributed by atoms with Gasteiger partial charge in [0.1, 0.15) is 5.75 Å². The van der Waals surface area contributed by atoms with Crippen LogP contribution in [-0.4, -0.2) is 6.36 Å². The molecule has 0 fully saturated rings. The predicted molar refractivity (Wildman–Crippen MR) is 71.0 cm³/mol. The lowest BCUT2D eigenvalue weighted by atomic mass is 10.0. The molecule has 0 heterocycles. The van der Waals surface area contributed by atoms with Crippen LogP contribution in [0.4, 0.5) is 13.2 Å². The van der Waals surface area contributed by atoms with Gasteiger partial charge in [-0.05, 0) is 30.7 Å². The minimum Gasteiger partial charge on any atom is -0.405 e. The van der Waals surface area contributed by atoms with Crippen LogP contribution in [0.1, 0.15) is 5.56 Å². The van der Waals surface area contributed by atoms with E-state index in [9.17, 15) is 13.2 Å². The third-order valence-corrected chi connectivity index (χ3v) is 3.03. The van der Waals surface area contributed by atoms with Crippen LogP contribution in [-0.2, 0) is 0 Å². The van der Waals surface area contributed by atoms with Crippen molar-refractivity contribution in [2.45, 2.75) is 13.3 Å². The predicted octanol–water partition coefficient (Wildman–Crippen LogP) is 5.32. The topological polar surface area (TPSA) is 9.23 Å². The molecule has 2 aromatic rings. The lowest BCUT2D eigenvalue weighted by Gasteiger charge is -2.14. The van der Waals surface area contributed by atoms with E-state index in [0.717, 1.165) is 5.56 Å². The normalized spacial score (nSPS) is 11.4. The molecule has 0 spiro atoms. The van der Waals surface area contributed by atoms with Gasteiger partial charge in [0, 0.05) is 10.0 Å². The number of aryl methyl sites for hydroxylation is 1. The number of alkyl halides is 3. The van der Waals surface area contributed by atoms with Crippen molar-refractivity contribution in [3.05, 3.63) is 52.5 Å². The van der Waals surface area contributed by atoms with Crippen LogP contribution < -0.4 is 4.74 Å². The van der Waals surface area contributed by atoms with Crippen LogP contribution in [0.15, 0.2) is 46.9 Å². The van der Waals surface area contributed by atoms with Gasteiger partial charge >= 0.3 is 6.36 Å². The highest BCUT2D eigenvalue weighted by Crippen LogP contribution is 2.35. The summed E-state index contributed by atoms with van der Waals surface area (Å²) in [7, 11) is 0. The van der Waals surface area contributed by atoms with E-state index in [1.165, 1.54) is 6.07 Å². The molecule has 0 saturated heterocycles. The Bertz CT molecular complexity index is 576. The van der Waals surface area contributed by atoms with Gasteiger partial charge < -0.3 is 4.74 Å². The van der Waals surface area contributed by atoms with Gasteiger partial charge in [0.2, 0.25) is 0 Å². The van der Waals surface area contributed by atoms with E-state index in [-0.39, 0.29) is 5.75 Å². The molecule has 0 saturated carbocycles. The van der Waals surface area contributed by atoms with Gasteiger partial charge in [-0.25, -0.2) is 0 Å². The third kappa shape index (κ3) is 3.73. The Morgan fingerprint density at radius 3 is 2.21 bits per heavy atom. The fraction of sp³-hybridized carbons (Fsp3) is 0.143. The van der Waals surface area contributed by atoms with Crippen molar-refractivity contribution < 1.29 is 17.9 Å². The second-order valence-electron chi connectivity index (χ2n) is 4.05. The summed E-state index contributed by atoms with van der Waals surface area (Å²) in [6.45, 7) is 1.92. The molecular formula is C14H10BrF3O. The largest absolute Gasteiger partial charge is 0.573 e. The van der Waals surface area contributed by atoms with Crippen molar-refractivity contribution in [3.63, 3.8) is 0 Å². The van der Waals surface area contributed by atoms with Crippen molar-refractivity contribution in [3.8, 4) is 16.9 Å². The first-order chi connectivity index (χ1) is 8.85. The smallest absolute Gasteiger partial charge is 0.405 e. The molecule has 2 rings (SSSR count). The second-order valence-corrected chi connectivity index (χ2v) is 4.97. The molecule has 5 heteroatoms. The van der Waals surface area contributed by atoms with Crippen LogP contribution in [0.2, 0.25) is 0 Å². The molecule has 0 aromatic heterocycles. The van der Waals surface area contributed by atoms with Gasteiger partial charge in [-0.15, -0.1) is 13.2 Å². The zero-order chi connectivity index (χ0) is 14.0. The van der Waals surface area contributed by atoms with Crippen molar-refractivity contribution in [1.29, 1.82) is 0 Å². The molecule has 0 aliphatic rings. The molecule has 0 aliphatic heterocycles. The molecule has 2 aromatic carbocycles. The first kappa shape index (κ1) is 13.9. The summed E-state index contributed by atoms with van der Waals surface area (Å²) < 4.78 is 41.8. The van der Waals surface area contributed by atoms with E-state index in [4.69, 9.17) is 0 Å². The summed E-state index contributed by atoms with van der Waals surface area (Å²) >= 11 is 3.14. The summed E-state index contributed by atoms with van der Waals surface area (Å²) in [4.78, 5) is 0. The first-order valence-corrected chi connectivity index (χ1v) is 6.27. The third-order valence-electron chi connectivity index (χ3n) is 2.53. The number of rotatable bonds is 2. The quantitative estimate of drug-likeness (QED) is 0.723. The van der Waals surface area contributed by atoms with E-state index in [2.05, 4.69) is 20.7 Å². The number of ether oxygens (including phenoxy) is 1. The molecule has 0 N–H and O–H groups in total. The molecule has 0 aliphatic carbocycles. The Labute approximate surface area is 117 Å². The van der Waals surface area contributed by atoms with Gasteiger partial charge in [-0.1, -0.05) is 45.8 Å². The molecule has 1 nitrogen and oxygen atoms in total. The van der Waals surface area contributed by atoms with E-state index in [1.54, 1.807) is 24.3 Å². The summed E-state index contributed by atoms with van der Waals surface area (Å²) in [6.07, 6.45) is -4.71. The highest BCUT2D eigenvalue weighted by atomic mass is 79.9. The van der Waals surface area contributed by atoms with Gasteiger partial charge in [0.25, 0.3) is 0 Å². The first-order valence-electron chi connectivity index (χ1n) is 5.47. The molecular weight excluding hydrogens is 321 g/mol. The van der Waals surface area contributed by atoms with Crippen LogP contribution in [0.5, 0.6) is 5.75 Å². The Kier molecular flexibility index (Phi) is 3.85.